The molecule has 2 aromatic heterocycles. The number of benzene rings is 2. The molecule has 1 saturated carbocycles. The summed E-state index contributed by atoms with van der Waals surface area (Å²) >= 11 is 0. The van der Waals surface area contributed by atoms with Gasteiger partial charge in [-0.1, -0.05) is 30.3 Å². The van der Waals surface area contributed by atoms with Gasteiger partial charge in [0.2, 0.25) is 0 Å². The van der Waals surface area contributed by atoms with Gasteiger partial charge in [-0.05, 0) is 56.5 Å². The Morgan fingerprint density at radius 3 is 2.07 bits per heavy atom. The number of anilines is 3. The molecular formula is C33H45N9O4. The van der Waals surface area contributed by atoms with E-state index in [1.54, 1.807) is 6.33 Å². The van der Waals surface area contributed by atoms with Crippen molar-refractivity contribution in [3.8, 4) is 11.3 Å². The van der Waals surface area contributed by atoms with Crippen LogP contribution in [0.5, 0.6) is 0 Å². The average molecular weight is 632 g/mol. The molecule has 7 N–H and O–H groups in total. The maximum Gasteiger partial charge on any atom is 0.300 e. The summed E-state index contributed by atoms with van der Waals surface area (Å²) in [6.45, 7) is 7.51. The minimum absolute atomic E-state index is 0.321. The Morgan fingerprint density at radius 1 is 0.870 bits per heavy atom. The van der Waals surface area contributed by atoms with E-state index in [1.807, 2.05) is 24.3 Å². The summed E-state index contributed by atoms with van der Waals surface area (Å²) in [6, 6.07) is 17.2. The van der Waals surface area contributed by atoms with Crippen LogP contribution in [-0.4, -0.2) is 91.0 Å². The summed E-state index contributed by atoms with van der Waals surface area (Å²) in [5, 5.41) is 24.2. The number of hydrogen-bond donors (Lipinski definition) is 5. The molecular weight excluding hydrogens is 586 g/mol. The van der Waals surface area contributed by atoms with Crippen molar-refractivity contribution in [1.82, 2.24) is 29.5 Å². The first kappa shape index (κ1) is 34.1. The Hall–Kier alpha value is -4.75. The van der Waals surface area contributed by atoms with Crippen LogP contribution in [0.25, 0.3) is 22.3 Å². The van der Waals surface area contributed by atoms with Crippen LogP contribution in [0, 0.1) is 0 Å². The second kappa shape index (κ2) is 16.0. The van der Waals surface area contributed by atoms with Crippen LogP contribution in [0.1, 0.15) is 51.1 Å². The maximum atomic E-state index is 9.00. The van der Waals surface area contributed by atoms with Gasteiger partial charge in [-0.2, -0.15) is 5.10 Å². The van der Waals surface area contributed by atoms with E-state index in [4.69, 9.17) is 36.4 Å². The monoisotopic (exact) mass is 631 g/mol. The van der Waals surface area contributed by atoms with E-state index in [1.165, 1.54) is 25.9 Å². The lowest BCUT2D eigenvalue weighted by Gasteiger charge is -2.41. The first-order valence-corrected chi connectivity index (χ1v) is 15.5. The molecule has 1 aliphatic carbocycles. The first-order valence-electron chi connectivity index (χ1n) is 15.5. The highest BCUT2D eigenvalue weighted by molar-refractivity contribution is 5.98. The number of para-hydroxylation sites is 1. The molecule has 1 aliphatic heterocycles. The molecule has 6 rings (SSSR count). The fourth-order valence-corrected chi connectivity index (χ4v) is 5.95. The second-order valence-corrected chi connectivity index (χ2v) is 11.7. The zero-order chi connectivity index (χ0) is 33.2. The zero-order valence-electron chi connectivity index (χ0n) is 26.8. The summed E-state index contributed by atoms with van der Waals surface area (Å²) in [5.41, 5.74) is 18.0. The summed E-state index contributed by atoms with van der Waals surface area (Å²) < 4.78 is 2.12. The van der Waals surface area contributed by atoms with Crippen LogP contribution in [-0.2, 0) is 16.1 Å². The van der Waals surface area contributed by atoms with Gasteiger partial charge in [-0.3, -0.25) is 14.5 Å². The highest BCUT2D eigenvalue weighted by atomic mass is 16.4. The van der Waals surface area contributed by atoms with Gasteiger partial charge < -0.3 is 31.9 Å². The van der Waals surface area contributed by atoms with Gasteiger partial charge in [0.25, 0.3) is 11.9 Å². The van der Waals surface area contributed by atoms with Gasteiger partial charge in [-0.25, -0.2) is 14.6 Å². The van der Waals surface area contributed by atoms with E-state index in [9.17, 15) is 0 Å². The predicted molar refractivity (Wildman–Crippen MR) is 180 cm³/mol. The van der Waals surface area contributed by atoms with Crippen LogP contribution in [0.3, 0.4) is 0 Å². The number of hydrogen-bond acceptors (Lipinski definition) is 10. The molecule has 0 radical (unpaired) electrons. The van der Waals surface area contributed by atoms with Crippen molar-refractivity contribution in [3.05, 3.63) is 60.4 Å². The fraction of sp³-hybridized carbons (Fsp3) is 0.424. The molecule has 13 nitrogen and oxygen atoms in total. The number of rotatable bonds is 6. The normalized spacial score (nSPS) is 18.5. The number of nitrogens with one attached hydrogen (secondary N) is 1. The third-order valence-corrected chi connectivity index (χ3v) is 8.28. The lowest BCUT2D eigenvalue weighted by molar-refractivity contribution is -0.135. The van der Waals surface area contributed by atoms with Gasteiger partial charge in [0.05, 0.1) is 11.4 Å². The lowest BCUT2D eigenvalue weighted by atomic mass is 9.90. The van der Waals surface area contributed by atoms with Crippen molar-refractivity contribution >= 4 is 40.2 Å². The van der Waals surface area contributed by atoms with E-state index in [2.05, 4.69) is 61.1 Å². The minimum Gasteiger partial charge on any atom is -0.481 e. The Labute approximate surface area is 269 Å². The molecule has 13 heteroatoms. The SMILES string of the molecule is CC(=O)O.CC(=O)O.CN1CCN(C2CCC(n3nc(-c4ccc(NCc5ccccc5N)cc4)c4c(N)ncnc43)CC2)CC1. The largest absolute Gasteiger partial charge is 0.481 e. The number of carbonyl (C=O) groups is 2. The van der Waals surface area contributed by atoms with E-state index >= 15 is 0 Å². The summed E-state index contributed by atoms with van der Waals surface area (Å²) in [7, 11) is 2.22. The molecule has 0 unspecified atom stereocenters. The third kappa shape index (κ3) is 9.14. The summed E-state index contributed by atoms with van der Waals surface area (Å²) in [4.78, 5) is 32.0. The number of nitrogens with zero attached hydrogens (tertiary/aromatic N) is 6. The molecule has 246 valence electrons. The van der Waals surface area contributed by atoms with E-state index in [-0.39, 0.29) is 0 Å². The highest BCUT2D eigenvalue weighted by Crippen LogP contribution is 2.37. The van der Waals surface area contributed by atoms with Gasteiger partial charge in [0.15, 0.2) is 5.65 Å². The number of nitrogens with two attached hydrogens (primary N) is 2. The number of carboxylic acid groups (broad SMARTS) is 2. The number of piperazine rings is 1. The van der Waals surface area contributed by atoms with Crippen LogP contribution in [0.2, 0.25) is 0 Å². The number of nitrogen functional groups attached to an aromatic ring is 2. The minimum atomic E-state index is -0.833. The number of likely N-dealkylation sites (N-methyl/N-ethyl adjacent to an activating group) is 1. The molecule has 1 saturated heterocycles. The van der Waals surface area contributed by atoms with E-state index in [0.29, 0.717) is 24.4 Å². The van der Waals surface area contributed by atoms with Crippen molar-refractivity contribution < 1.29 is 19.8 Å². The zero-order valence-corrected chi connectivity index (χ0v) is 26.8. The van der Waals surface area contributed by atoms with Crippen molar-refractivity contribution in [2.45, 2.75) is 58.2 Å². The van der Waals surface area contributed by atoms with E-state index in [0.717, 1.165) is 79.0 Å². The molecule has 0 amide bonds. The Morgan fingerprint density at radius 2 is 1.46 bits per heavy atom. The standard InChI is InChI=1S/C29H37N9.2C2H4O2/c1-36-14-16-37(17-15-36)23-10-12-24(13-11-23)38-29-26(28(31)33-19-34-29)27(35-38)20-6-8-22(9-7-20)32-18-21-4-2-3-5-25(21)30;2*1-2(3)4/h2-9,19,23-24,32H,10-18,30H2,1H3,(H2,31,33,34);2*1H3,(H,3,4). The summed E-state index contributed by atoms with van der Waals surface area (Å²) in [5.74, 6) is -1.19. The maximum absolute atomic E-state index is 9.00. The average Bonchev–Trinajstić information content (AvgIpc) is 3.42. The van der Waals surface area contributed by atoms with Gasteiger partial charge >= 0.3 is 0 Å². The Balaban J connectivity index is 0.000000541. The summed E-state index contributed by atoms with van der Waals surface area (Å²) in [6.07, 6.45) is 6.14. The van der Waals surface area contributed by atoms with Gasteiger partial charge in [0, 0.05) is 69.6 Å². The lowest BCUT2D eigenvalue weighted by Crippen LogP contribution is -2.49. The molecule has 2 aliphatic rings. The van der Waals surface area contributed by atoms with Crippen LogP contribution in [0.4, 0.5) is 17.2 Å². The Bertz CT molecular complexity index is 1570. The molecule has 0 atom stereocenters. The molecule has 46 heavy (non-hydrogen) atoms. The smallest absolute Gasteiger partial charge is 0.300 e. The van der Waals surface area contributed by atoms with Crippen molar-refractivity contribution in [2.24, 2.45) is 0 Å². The molecule has 2 fully saturated rings. The molecule has 4 aromatic rings. The number of aromatic nitrogens is 4. The number of carboxylic acids is 2. The molecule has 0 spiro atoms. The van der Waals surface area contributed by atoms with Crippen LogP contribution >= 0.6 is 0 Å². The second-order valence-electron chi connectivity index (χ2n) is 11.7. The first-order chi connectivity index (χ1) is 22.0. The fourth-order valence-electron chi connectivity index (χ4n) is 5.95. The molecule has 2 aromatic carbocycles. The highest BCUT2D eigenvalue weighted by Gasteiger charge is 2.30. The van der Waals surface area contributed by atoms with Crippen LogP contribution in [0.15, 0.2) is 54.9 Å². The topological polar surface area (TPSA) is 189 Å². The molecule has 0 bridgehead atoms. The van der Waals surface area contributed by atoms with Crippen molar-refractivity contribution in [3.63, 3.8) is 0 Å². The van der Waals surface area contributed by atoms with Gasteiger partial charge in [0.1, 0.15) is 17.8 Å². The number of aliphatic carboxylic acids is 2. The van der Waals surface area contributed by atoms with Crippen molar-refractivity contribution in [1.29, 1.82) is 0 Å². The molecule has 3 heterocycles. The quantitative estimate of drug-likeness (QED) is 0.191. The van der Waals surface area contributed by atoms with Gasteiger partial charge in [-0.15, -0.1) is 0 Å². The Kier molecular flexibility index (Phi) is 11.9. The third-order valence-electron chi connectivity index (χ3n) is 8.28. The number of fused-ring (bicyclic) bond motifs is 1. The van der Waals surface area contributed by atoms with Crippen molar-refractivity contribution in [2.75, 3.05) is 50.0 Å². The van der Waals surface area contributed by atoms with E-state index < -0.39 is 11.9 Å². The predicted octanol–water partition coefficient (Wildman–Crippen LogP) is 4.18. The van der Waals surface area contributed by atoms with Crippen LogP contribution < -0.4 is 16.8 Å².